The van der Waals surface area contributed by atoms with Crippen molar-refractivity contribution in [3.8, 4) is 0 Å². The highest BCUT2D eigenvalue weighted by Gasteiger charge is 2.46. The van der Waals surface area contributed by atoms with Crippen molar-refractivity contribution in [2.45, 2.75) is 22.8 Å². The molecule has 1 atom stereocenters. The van der Waals surface area contributed by atoms with E-state index < -0.39 is 16.8 Å². The van der Waals surface area contributed by atoms with Crippen molar-refractivity contribution in [2.24, 2.45) is 7.05 Å². The third-order valence-electron chi connectivity index (χ3n) is 3.01. The maximum Gasteiger partial charge on any atom is 0.304 e. The van der Waals surface area contributed by atoms with Gasteiger partial charge in [0.15, 0.2) is 10.3 Å². The molecular weight excluding hydrogens is 274 g/mol. The Morgan fingerprint density at radius 3 is 2.72 bits per heavy atom. The van der Waals surface area contributed by atoms with E-state index in [0.717, 1.165) is 11.3 Å². The van der Waals surface area contributed by atoms with Gasteiger partial charge >= 0.3 is 4.34 Å². The van der Waals surface area contributed by atoms with Crippen LogP contribution in [-0.4, -0.2) is 30.5 Å². The van der Waals surface area contributed by atoms with Gasteiger partial charge in [-0.2, -0.15) is 4.98 Å². The fraction of sp³-hybridized carbons (Fsp3) is 0.500. The molecule has 1 saturated carbocycles. The van der Waals surface area contributed by atoms with Gasteiger partial charge in [0, 0.05) is 18.2 Å². The minimum absolute atomic E-state index is 0.223. The van der Waals surface area contributed by atoms with E-state index in [4.69, 9.17) is 0 Å². The number of thiazole rings is 1. The first-order valence-corrected chi connectivity index (χ1v) is 7.74. The fourth-order valence-electron chi connectivity index (χ4n) is 1.82. The molecule has 0 bridgehead atoms. The molecule has 96 valence electrons. The molecular formula is C10H11N3O3S2. The zero-order chi connectivity index (χ0) is 13.1. The molecule has 8 heteroatoms. The molecule has 1 unspecified atom stereocenters. The van der Waals surface area contributed by atoms with E-state index in [1.165, 1.54) is 10.8 Å². The first-order valence-electron chi connectivity index (χ1n) is 5.36. The van der Waals surface area contributed by atoms with Crippen LogP contribution in [0.15, 0.2) is 9.13 Å². The lowest BCUT2D eigenvalue weighted by Crippen LogP contribution is -2.27. The van der Waals surface area contributed by atoms with Crippen molar-refractivity contribution in [1.29, 1.82) is 0 Å². The Balaban J connectivity index is 2.30. The Kier molecular flexibility index (Phi) is 2.53. The van der Waals surface area contributed by atoms with Crippen molar-refractivity contribution in [3.05, 3.63) is 16.2 Å². The summed E-state index contributed by atoms with van der Waals surface area (Å²) in [5.41, 5.74) is -1.05. The second kappa shape index (κ2) is 3.77. The van der Waals surface area contributed by atoms with E-state index in [0.29, 0.717) is 27.8 Å². The summed E-state index contributed by atoms with van der Waals surface area (Å²) in [5, 5.41) is 10.1. The predicted molar refractivity (Wildman–Crippen MR) is 68.1 cm³/mol. The Labute approximate surface area is 109 Å². The van der Waals surface area contributed by atoms with Gasteiger partial charge in [-0.1, -0.05) is 0 Å². The minimum Gasteiger partial charge on any atom is -0.610 e. The molecule has 2 aromatic rings. The van der Waals surface area contributed by atoms with Gasteiger partial charge in [-0.15, -0.1) is 0 Å². The fourth-order valence-corrected chi connectivity index (χ4v) is 3.41. The quantitative estimate of drug-likeness (QED) is 0.791. The van der Waals surface area contributed by atoms with Crippen LogP contribution in [0.1, 0.15) is 18.7 Å². The summed E-state index contributed by atoms with van der Waals surface area (Å²) >= 11 is -0.0924. The number of hydrogen-bond donors (Lipinski definition) is 1. The first kappa shape index (κ1) is 12.1. The van der Waals surface area contributed by atoms with Crippen LogP contribution in [-0.2, 0) is 23.8 Å². The van der Waals surface area contributed by atoms with Crippen LogP contribution in [0.25, 0.3) is 10.3 Å². The monoisotopic (exact) mass is 285 g/mol. The summed E-state index contributed by atoms with van der Waals surface area (Å²) in [6, 6.07) is 0. The van der Waals surface area contributed by atoms with E-state index in [9.17, 15) is 14.5 Å². The molecule has 18 heavy (non-hydrogen) atoms. The highest BCUT2D eigenvalue weighted by atomic mass is 32.2. The highest BCUT2D eigenvalue weighted by Crippen LogP contribution is 2.44. The number of nitrogens with zero attached hydrogens (tertiary/aromatic N) is 3. The maximum absolute atomic E-state index is 12.1. The average Bonchev–Trinajstić information content (AvgIpc) is 2.91. The van der Waals surface area contributed by atoms with Gasteiger partial charge in [0.2, 0.25) is 0 Å². The van der Waals surface area contributed by atoms with Crippen molar-refractivity contribution >= 4 is 32.9 Å². The Hall–Kier alpha value is -0.960. The molecule has 2 heterocycles. The van der Waals surface area contributed by atoms with Crippen LogP contribution in [0.4, 0.5) is 0 Å². The minimum atomic E-state index is -1.23. The van der Waals surface area contributed by atoms with Gasteiger partial charge in [0.25, 0.3) is 5.56 Å². The molecule has 1 N–H and O–H groups in total. The van der Waals surface area contributed by atoms with Gasteiger partial charge in [0.1, 0.15) is 17.7 Å². The Bertz CT molecular complexity index is 687. The van der Waals surface area contributed by atoms with Crippen molar-refractivity contribution in [3.63, 3.8) is 0 Å². The van der Waals surface area contributed by atoms with Crippen LogP contribution in [0, 0.1) is 0 Å². The SMILES string of the molecule is Cn1c(C2(O)CC2)nc2sc([S+](C)[O-])nc2c1=O. The molecule has 0 radical (unpaired) electrons. The molecule has 2 aromatic heterocycles. The van der Waals surface area contributed by atoms with E-state index in [-0.39, 0.29) is 11.1 Å². The van der Waals surface area contributed by atoms with Gasteiger partial charge in [0.05, 0.1) is 0 Å². The molecule has 3 rings (SSSR count). The van der Waals surface area contributed by atoms with Crippen molar-refractivity contribution in [1.82, 2.24) is 14.5 Å². The topological polar surface area (TPSA) is 91.1 Å². The van der Waals surface area contributed by atoms with E-state index >= 15 is 0 Å². The van der Waals surface area contributed by atoms with Crippen molar-refractivity contribution in [2.75, 3.05) is 6.26 Å². The second-order valence-corrected chi connectivity index (χ2v) is 6.95. The molecule has 6 nitrogen and oxygen atoms in total. The van der Waals surface area contributed by atoms with E-state index in [1.54, 1.807) is 7.05 Å². The smallest absolute Gasteiger partial charge is 0.304 e. The third-order valence-corrected chi connectivity index (χ3v) is 5.29. The van der Waals surface area contributed by atoms with Crippen LogP contribution in [0.2, 0.25) is 0 Å². The van der Waals surface area contributed by atoms with Crippen molar-refractivity contribution < 1.29 is 9.66 Å². The molecule has 0 saturated heterocycles. The number of rotatable bonds is 2. The standard InChI is InChI=1S/C10H11N3O3S2/c1-13-7(14)5-6(17-9(11-5)18(2)16)12-8(13)10(15)3-4-10/h15H,3-4H2,1-2H3. The molecule has 0 amide bonds. The zero-order valence-corrected chi connectivity index (χ0v) is 11.5. The average molecular weight is 285 g/mol. The first-order chi connectivity index (χ1) is 8.42. The van der Waals surface area contributed by atoms with Crippen LogP contribution in [0.3, 0.4) is 0 Å². The molecule has 0 spiro atoms. The lowest BCUT2D eigenvalue weighted by Gasteiger charge is -2.10. The second-order valence-electron chi connectivity index (χ2n) is 4.42. The lowest BCUT2D eigenvalue weighted by atomic mass is 10.3. The molecule has 1 aliphatic rings. The van der Waals surface area contributed by atoms with E-state index in [2.05, 4.69) is 9.97 Å². The summed E-state index contributed by atoms with van der Waals surface area (Å²) in [6.07, 6.45) is 2.74. The van der Waals surface area contributed by atoms with E-state index in [1.807, 2.05) is 0 Å². The number of aliphatic hydroxyl groups is 1. The summed E-state index contributed by atoms with van der Waals surface area (Å²) in [7, 11) is 1.57. The maximum atomic E-state index is 12.1. The van der Waals surface area contributed by atoms with Gasteiger partial charge < -0.3 is 9.66 Å². The Morgan fingerprint density at radius 2 is 2.17 bits per heavy atom. The zero-order valence-electron chi connectivity index (χ0n) is 9.84. The summed E-state index contributed by atoms with van der Waals surface area (Å²) < 4.78 is 13.1. The largest absolute Gasteiger partial charge is 0.610 e. The van der Waals surface area contributed by atoms with Gasteiger partial charge in [-0.3, -0.25) is 9.36 Å². The number of fused-ring (bicyclic) bond motifs is 1. The molecule has 1 fully saturated rings. The Morgan fingerprint density at radius 1 is 1.50 bits per heavy atom. The lowest BCUT2D eigenvalue weighted by molar-refractivity contribution is 0.136. The van der Waals surface area contributed by atoms with Crippen LogP contribution >= 0.6 is 11.3 Å². The van der Waals surface area contributed by atoms with Crippen LogP contribution < -0.4 is 5.56 Å². The van der Waals surface area contributed by atoms with Gasteiger partial charge in [-0.05, 0) is 24.2 Å². The highest BCUT2D eigenvalue weighted by molar-refractivity contribution is 7.92. The normalized spacial score (nSPS) is 19.1. The van der Waals surface area contributed by atoms with Gasteiger partial charge in [-0.25, -0.2) is 4.98 Å². The van der Waals surface area contributed by atoms with Crippen LogP contribution in [0.5, 0.6) is 0 Å². The molecule has 1 aliphatic carbocycles. The number of hydrogen-bond acceptors (Lipinski definition) is 6. The summed E-state index contributed by atoms with van der Waals surface area (Å²) in [6.45, 7) is 0. The summed E-state index contributed by atoms with van der Waals surface area (Å²) in [4.78, 5) is 20.9. The molecule has 0 aliphatic heterocycles. The molecule has 0 aromatic carbocycles. The third kappa shape index (κ3) is 1.68. The summed E-state index contributed by atoms with van der Waals surface area (Å²) in [5.74, 6) is 0.372. The number of aromatic nitrogens is 3. The predicted octanol–water partition coefficient (Wildman–Crippen LogP) is 0.109.